The summed E-state index contributed by atoms with van der Waals surface area (Å²) in [5, 5.41) is 22.2. The van der Waals surface area contributed by atoms with Crippen LogP contribution in [0.5, 0.6) is 0 Å². The smallest absolute Gasteiger partial charge is 0.318 e. The van der Waals surface area contributed by atoms with Gasteiger partial charge in [0.1, 0.15) is 18.1 Å². The topological polar surface area (TPSA) is 251 Å². The van der Waals surface area contributed by atoms with Gasteiger partial charge in [-0.3, -0.25) is 29.3 Å². The number of amides is 7. The second kappa shape index (κ2) is 17.1. The van der Waals surface area contributed by atoms with Gasteiger partial charge < -0.3 is 42.8 Å². The molecule has 2 rings (SSSR count). The van der Waals surface area contributed by atoms with E-state index in [1.807, 2.05) is 36.5 Å². The first-order chi connectivity index (χ1) is 20.4. The summed E-state index contributed by atoms with van der Waals surface area (Å²) in [5.74, 6) is -3.11. The van der Waals surface area contributed by atoms with Gasteiger partial charge in [-0.05, 0) is 23.3 Å². The third-order valence-electron chi connectivity index (χ3n) is 6.32. The van der Waals surface area contributed by atoms with Gasteiger partial charge in [0.15, 0.2) is 0 Å². The molecule has 1 aromatic heterocycles. The summed E-state index contributed by atoms with van der Waals surface area (Å²) in [6.07, 6.45) is 1.71. The van der Waals surface area contributed by atoms with Gasteiger partial charge in [-0.15, -0.1) is 0 Å². The molecule has 7 amide bonds. The Hall–Kier alpha value is -4.15. The number of para-hydroxylation sites is 1. The Balaban J connectivity index is 2.14. The molecule has 0 fully saturated rings. The lowest BCUT2D eigenvalue weighted by atomic mass is 10.0. The first-order valence-corrected chi connectivity index (χ1v) is 14.8. The third kappa shape index (κ3) is 10.9. The number of aliphatic hydroxyl groups is 1. The molecule has 0 aliphatic carbocycles. The van der Waals surface area contributed by atoms with Crippen molar-refractivity contribution in [2.24, 2.45) is 17.4 Å². The van der Waals surface area contributed by atoms with E-state index in [1.165, 1.54) is 11.8 Å². The van der Waals surface area contributed by atoms with E-state index >= 15 is 0 Å². The Kier molecular flexibility index (Phi) is 13.9. The molecule has 4 unspecified atom stereocenters. The van der Waals surface area contributed by atoms with Gasteiger partial charge in [-0.2, -0.15) is 11.8 Å². The molecule has 0 saturated heterocycles. The number of H-pyrrole nitrogens is 1. The number of imide groups is 1. The first-order valence-electron chi connectivity index (χ1n) is 13.6. The molecular formula is C27H40N8O7S. The number of benzene rings is 1. The Morgan fingerprint density at radius 1 is 0.953 bits per heavy atom. The van der Waals surface area contributed by atoms with Gasteiger partial charge in [0.25, 0.3) is 5.91 Å². The van der Waals surface area contributed by atoms with Crippen molar-refractivity contribution in [3.63, 3.8) is 0 Å². The van der Waals surface area contributed by atoms with Crippen LogP contribution in [-0.2, 0) is 30.4 Å². The van der Waals surface area contributed by atoms with Crippen LogP contribution < -0.4 is 38.1 Å². The van der Waals surface area contributed by atoms with Crippen molar-refractivity contribution in [2.75, 3.05) is 24.7 Å². The lowest BCUT2D eigenvalue weighted by Crippen LogP contribution is -2.58. The predicted molar refractivity (Wildman–Crippen MR) is 161 cm³/mol. The minimum absolute atomic E-state index is 0.0147. The number of hydrogen-bond donors (Lipinski definition) is 9. The second-order valence-electron chi connectivity index (χ2n) is 10.00. The van der Waals surface area contributed by atoms with Crippen LogP contribution in [-0.4, -0.2) is 94.5 Å². The Labute approximate surface area is 253 Å². The second-order valence-corrected chi connectivity index (χ2v) is 11.3. The van der Waals surface area contributed by atoms with Gasteiger partial charge in [-0.25, -0.2) is 4.79 Å². The van der Waals surface area contributed by atoms with E-state index in [0.29, 0.717) is 11.3 Å². The van der Waals surface area contributed by atoms with Crippen molar-refractivity contribution >= 4 is 58.2 Å². The van der Waals surface area contributed by atoms with E-state index in [1.54, 1.807) is 20.0 Å². The third-order valence-corrected chi connectivity index (χ3v) is 7.32. The van der Waals surface area contributed by atoms with Crippen LogP contribution in [0.15, 0.2) is 30.5 Å². The monoisotopic (exact) mass is 620 g/mol. The minimum Gasteiger partial charge on any atom is -0.394 e. The maximum atomic E-state index is 13.4. The Morgan fingerprint density at radius 3 is 2.28 bits per heavy atom. The number of carbonyl (C=O) groups excluding carboxylic acids is 6. The number of aliphatic hydroxyl groups excluding tert-OH is 1. The quantitative estimate of drug-likeness (QED) is 0.103. The van der Waals surface area contributed by atoms with Crippen LogP contribution in [0.3, 0.4) is 0 Å². The number of aromatic amines is 1. The SMILES string of the molecule is CCSCC(N)C(=O)NC(CO)C(=O)NCC(=O)NC(Cc1c[nH]c2ccccc12)C(=O)NC(C(=O)NC(N)=O)C(C)C. The highest BCUT2D eigenvalue weighted by molar-refractivity contribution is 7.99. The van der Waals surface area contributed by atoms with Crippen LogP contribution in [0.1, 0.15) is 26.3 Å². The summed E-state index contributed by atoms with van der Waals surface area (Å²) < 4.78 is 0. The summed E-state index contributed by atoms with van der Waals surface area (Å²) in [5.41, 5.74) is 12.4. The lowest BCUT2D eigenvalue weighted by molar-refractivity contribution is -0.133. The van der Waals surface area contributed by atoms with Crippen molar-refractivity contribution in [1.82, 2.24) is 31.6 Å². The number of nitrogens with two attached hydrogens (primary N) is 2. The van der Waals surface area contributed by atoms with Crippen LogP contribution in [0.2, 0.25) is 0 Å². The van der Waals surface area contributed by atoms with Gasteiger partial charge in [0.2, 0.25) is 23.6 Å². The van der Waals surface area contributed by atoms with Crippen LogP contribution in [0.25, 0.3) is 10.9 Å². The highest BCUT2D eigenvalue weighted by Crippen LogP contribution is 2.19. The standard InChI is InChI=1S/C27H40N8O7S/c1-4-43-13-17(28)23(38)33-20(12-36)24(39)31-11-21(37)32-19(9-15-10-30-18-8-6-5-7-16(15)18)25(40)34-22(14(2)3)26(41)35-27(29)42/h5-8,10,14,17,19-20,22,30,36H,4,9,11-13,28H2,1-3H3,(H,31,39)(H,32,37)(H,33,38)(H,34,40)(H3,29,35,41,42). The maximum Gasteiger partial charge on any atom is 0.318 e. The molecule has 236 valence electrons. The zero-order valence-corrected chi connectivity index (χ0v) is 25.1. The molecule has 1 aromatic carbocycles. The molecule has 0 saturated carbocycles. The first kappa shape index (κ1) is 35.0. The lowest BCUT2D eigenvalue weighted by Gasteiger charge is -2.25. The molecular weight excluding hydrogens is 580 g/mol. The Morgan fingerprint density at radius 2 is 1.65 bits per heavy atom. The van der Waals surface area contributed by atoms with Crippen molar-refractivity contribution in [1.29, 1.82) is 0 Å². The van der Waals surface area contributed by atoms with Crippen LogP contribution in [0, 0.1) is 5.92 Å². The average Bonchev–Trinajstić information content (AvgIpc) is 3.37. The number of aromatic nitrogens is 1. The van der Waals surface area contributed by atoms with E-state index in [-0.39, 0.29) is 6.42 Å². The van der Waals surface area contributed by atoms with Crippen LogP contribution >= 0.6 is 11.8 Å². The molecule has 4 atom stereocenters. The normalized spacial score (nSPS) is 13.8. The molecule has 16 heteroatoms. The van der Waals surface area contributed by atoms with E-state index < -0.39 is 78.8 Å². The molecule has 0 spiro atoms. The number of carbonyl (C=O) groups is 6. The number of urea groups is 1. The highest BCUT2D eigenvalue weighted by atomic mass is 32.2. The number of hydrogen-bond acceptors (Lipinski definition) is 9. The molecule has 15 nitrogen and oxygen atoms in total. The number of primary amides is 1. The largest absolute Gasteiger partial charge is 0.394 e. The van der Waals surface area contributed by atoms with E-state index in [4.69, 9.17) is 11.5 Å². The molecule has 0 radical (unpaired) electrons. The summed E-state index contributed by atoms with van der Waals surface area (Å²) in [4.78, 5) is 77.9. The highest BCUT2D eigenvalue weighted by Gasteiger charge is 2.30. The number of nitrogens with one attached hydrogen (secondary N) is 6. The van der Waals surface area contributed by atoms with Gasteiger partial charge in [0.05, 0.1) is 19.2 Å². The molecule has 11 N–H and O–H groups in total. The van der Waals surface area contributed by atoms with Gasteiger partial charge in [-0.1, -0.05) is 39.0 Å². The fourth-order valence-corrected chi connectivity index (χ4v) is 4.69. The summed E-state index contributed by atoms with van der Waals surface area (Å²) in [6.45, 7) is 3.89. The summed E-state index contributed by atoms with van der Waals surface area (Å²) in [7, 11) is 0. The van der Waals surface area contributed by atoms with Crippen molar-refractivity contribution in [3.8, 4) is 0 Å². The molecule has 0 aliphatic heterocycles. The molecule has 43 heavy (non-hydrogen) atoms. The fraction of sp³-hybridized carbons (Fsp3) is 0.481. The zero-order valence-electron chi connectivity index (χ0n) is 24.3. The van der Waals surface area contributed by atoms with Crippen molar-refractivity contribution in [3.05, 3.63) is 36.0 Å². The predicted octanol–water partition coefficient (Wildman–Crippen LogP) is -1.80. The minimum atomic E-state index is -1.35. The molecule has 1 heterocycles. The van der Waals surface area contributed by atoms with E-state index in [2.05, 4.69) is 26.3 Å². The Bertz CT molecular complexity index is 1300. The molecule has 0 bridgehead atoms. The average molecular weight is 621 g/mol. The van der Waals surface area contributed by atoms with Crippen LogP contribution in [0.4, 0.5) is 4.79 Å². The molecule has 0 aliphatic rings. The van der Waals surface area contributed by atoms with E-state index in [0.717, 1.165) is 16.7 Å². The fourth-order valence-electron chi connectivity index (χ4n) is 4.05. The molecule has 2 aromatic rings. The number of thioether (sulfide) groups is 1. The van der Waals surface area contributed by atoms with Crippen molar-refractivity contribution in [2.45, 2.75) is 51.4 Å². The maximum absolute atomic E-state index is 13.4. The summed E-state index contributed by atoms with van der Waals surface area (Å²) >= 11 is 1.44. The number of rotatable bonds is 16. The van der Waals surface area contributed by atoms with E-state index in [9.17, 15) is 33.9 Å². The van der Waals surface area contributed by atoms with Crippen molar-refractivity contribution < 1.29 is 33.9 Å². The number of fused-ring (bicyclic) bond motifs is 1. The van der Waals surface area contributed by atoms with Gasteiger partial charge >= 0.3 is 6.03 Å². The summed E-state index contributed by atoms with van der Waals surface area (Å²) in [6, 6.07) is 1.68. The zero-order chi connectivity index (χ0) is 32.1. The van der Waals surface area contributed by atoms with Gasteiger partial charge in [0, 0.05) is 29.3 Å².